The van der Waals surface area contributed by atoms with E-state index in [-0.39, 0.29) is 21.4 Å². The van der Waals surface area contributed by atoms with Crippen LogP contribution in [0.4, 0.5) is 37.7 Å². The fourth-order valence-electron chi connectivity index (χ4n) is 1.85. The minimum Gasteiger partial charge on any atom is -0.317 e. The average Bonchev–Trinajstić information content (AvgIpc) is 2.64. The van der Waals surface area contributed by atoms with E-state index in [0.29, 0.717) is 18.7 Å². The molecule has 2 aromatic carbocycles. The van der Waals surface area contributed by atoms with Crippen LogP contribution >= 0.6 is 76.6 Å². The molecule has 16 heteroatoms. The molecule has 174 valence electrons. The first-order valence-electron chi connectivity index (χ1n) is 7.68. The van der Waals surface area contributed by atoms with Crippen LogP contribution in [0, 0.1) is 0 Å². The molecular formula is C16H6Br2Cl2F6N2O2S2. The molecule has 2 rings (SSSR count). The normalized spacial score (nSPS) is 11.9. The Bertz CT molecular complexity index is 987. The van der Waals surface area contributed by atoms with Crippen molar-refractivity contribution in [2.45, 2.75) is 22.1 Å². The van der Waals surface area contributed by atoms with Crippen molar-refractivity contribution in [1.82, 2.24) is 0 Å². The lowest BCUT2D eigenvalue weighted by atomic mass is 10.3. The summed E-state index contributed by atoms with van der Waals surface area (Å²) in [7, 11) is 1.96. The molecule has 0 bridgehead atoms. The number of carbonyl (C=O) groups excluding carboxylic acids is 2. The van der Waals surface area contributed by atoms with Gasteiger partial charge in [-0.2, -0.15) is 26.3 Å². The average molecular weight is 667 g/mol. The van der Waals surface area contributed by atoms with Crippen molar-refractivity contribution < 1.29 is 35.9 Å². The van der Waals surface area contributed by atoms with Gasteiger partial charge in [0.15, 0.2) is 0 Å². The maximum absolute atomic E-state index is 12.5. The summed E-state index contributed by atoms with van der Waals surface area (Å²) < 4.78 is 75.8. The molecule has 0 aliphatic heterocycles. The largest absolute Gasteiger partial charge is 0.471 e. The van der Waals surface area contributed by atoms with Gasteiger partial charge in [-0.15, -0.1) is 0 Å². The highest BCUT2D eigenvalue weighted by atomic mass is 79.9. The number of rotatable bonds is 5. The number of anilines is 2. The molecule has 2 N–H and O–H groups in total. The van der Waals surface area contributed by atoms with Crippen molar-refractivity contribution in [1.29, 1.82) is 0 Å². The lowest BCUT2D eigenvalue weighted by molar-refractivity contribution is -0.167. The Hall–Kier alpha value is -0.800. The van der Waals surface area contributed by atoms with Gasteiger partial charge in [-0.25, -0.2) is 0 Å². The summed E-state index contributed by atoms with van der Waals surface area (Å²) in [6, 6.07) is 4.90. The zero-order valence-corrected chi connectivity index (χ0v) is 21.0. The lowest BCUT2D eigenvalue weighted by Gasteiger charge is -2.14. The van der Waals surface area contributed by atoms with Crippen LogP contribution in [0.25, 0.3) is 0 Å². The molecular weight excluding hydrogens is 661 g/mol. The highest BCUT2D eigenvalue weighted by molar-refractivity contribution is 9.11. The number of hydrogen-bond donors (Lipinski definition) is 2. The second-order valence-corrected chi connectivity index (χ2v) is 10.3. The monoisotopic (exact) mass is 664 g/mol. The first-order valence-corrected chi connectivity index (χ1v) is 12.2. The Morgan fingerprint density at radius 3 is 1.31 bits per heavy atom. The van der Waals surface area contributed by atoms with Crippen molar-refractivity contribution >= 4 is 99.8 Å². The van der Waals surface area contributed by atoms with Gasteiger partial charge in [0.25, 0.3) is 0 Å². The molecule has 0 aliphatic carbocycles. The van der Waals surface area contributed by atoms with Gasteiger partial charge in [0.2, 0.25) is 0 Å². The van der Waals surface area contributed by atoms with E-state index in [2.05, 4.69) is 31.9 Å². The summed E-state index contributed by atoms with van der Waals surface area (Å²) in [6.45, 7) is 0. The molecule has 0 heterocycles. The van der Waals surface area contributed by atoms with E-state index in [4.69, 9.17) is 23.2 Å². The number of halogens is 10. The van der Waals surface area contributed by atoms with Gasteiger partial charge in [-0.1, -0.05) is 44.8 Å². The SMILES string of the molecule is O=C(Nc1cc(SSc2cc(NC(=O)C(F)(F)F)c(Cl)cc2Br)c(Br)cc1Cl)C(F)(F)F. The molecule has 0 radical (unpaired) electrons. The number of alkyl halides is 6. The van der Waals surface area contributed by atoms with Crippen LogP contribution in [-0.4, -0.2) is 24.2 Å². The predicted octanol–water partition coefficient (Wildman–Crippen LogP) is 8.32. The van der Waals surface area contributed by atoms with Gasteiger partial charge in [0.05, 0.1) is 21.4 Å². The Morgan fingerprint density at radius 1 is 0.719 bits per heavy atom. The molecule has 32 heavy (non-hydrogen) atoms. The summed E-state index contributed by atoms with van der Waals surface area (Å²) in [5, 5.41) is 3.00. The van der Waals surface area contributed by atoms with E-state index in [9.17, 15) is 35.9 Å². The molecule has 2 aromatic rings. The number of hydrogen-bond acceptors (Lipinski definition) is 4. The summed E-state index contributed by atoms with van der Waals surface area (Å²) >= 11 is 18.1. The van der Waals surface area contributed by atoms with E-state index in [0.717, 1.165) is 21.6 Å². The summed E-state index contributed by atoms with van der Waals surface area (Å²) in [5.41, 5.74) is -0.595. The number of nitrogens with one attached hydrogen (secondary N) is 2. The van der Waals surface area contributed by atoms with E-state index < -0.39 is 24.2 Å². The van der Waals surface area contributed by atoms with Crippen molar-refractivity contribution in [3.63, 3.8) is 0 Å². The summed E-state index contributed by atoms with van der Waals surface area (Å²) in [4.78, 5) is 23.0. The van der Waals surface area contributed by atoms with Crippen molar-refractivity contribution in [2.24, 2.45) is 0 Å². The van der Waals surface area contributed by atoms with Crippen molar-refractivity contribution in [2.75, 3.05) is 10.6 Å². The molecule has 4 nitrogen and oxygen atoms in total. The van der Waals surface area contributed by atoms with Gasteiger partial charge in [-0.05, 0) is 56.1 Å². The van der Waals surface area contributed by atoms with E-state index in [1.54, 1.807) is 10.6 Å². The number of carbonyl (C=O) groups is 2. The molecule has 0 aromatic heterocycles. The van der Waals surface area contributed by atoms with Gasteiger partial charge in [-0.3, -0.25) is 9.59 Å². The Morgan fingerprint density at radius 2 is 1.03 bits per heavy atom. The first-order chi connectivity index (χ1) is 14.6. The van der Waals surface area contributed by atoms with Crippen LogP contribution in [0.2, 0.25) is 10.0 Å². The molecule has 0 atom stereocenters. The van der Waals surface area contributed by atoms with Crippen LogP contribution < -0.4 is 10.6 Å². The Labute approximate surface area is 210 Å². The van der Waals surface area contributed by atoms with Gasteiger partial charge < -0.3 is 10.6 Å². The minimum atomic E-state index is -5.12. The number of benzene rings is 2. The fraction of sp³-hybridized carbons (Fsp3) is 0.125. The molecule has 0 saturated heterocycles. The van der Waals surface area contributed by atoms with Gasteiger partial charge >= 0.3 is 24.2 Å². The second kappa shape index (κ2) is 10.6. The zero-order valence-electron chi connectivity index (χ0n) is 14.7. The maximum atomic E-state index is 12.5. The standard InChI is InChI=1S/C16H6Br2Cl2F6N2O2S2/c17-5-1-7(19)9(27-13(29)15(21,22)23)3-11(5)31-32-12-4-10(8(20)2-6(12)18)28-14(30)16(24,25)26/h1-4H,(H,27,29)(H,28,30). The third-order valence-electron chi connectivity index (χ3n) is 3.28. The smallest absolute Gasteiger partial charge is 0.317 e. The van der Waals surface area contributed by atoms with Gasteiger partial charge in [0, 0.05) is 18.7 Å². The Kier molecular flexibility index (Phi) is 9.12. The van der Waals surface area contributed by atoms with Crippen LogP contribution in [0.15, 0.2) is 43.0 Å². The Balaban J connectivity index is 2.26. The highest BCUT2D eigenvalue weighted by Gasteiger charge is 2.39. The van der Waals surface area contributed by atoms with Crippen molar-refractivity contribution in [3.05, 3.63) is 43.3 Å². The number of amides is 2. The van der Waals surface area contributed by atoms with Crippen LogP contribution in [-0.2, 0) is 9.59 Å². The van der Waals surface area contributed by atoms with Crippen LogP contribution in [0.1, 0.15) is 0 Å². The van der Waals surface area contributed by atoms with Crippen molar-refractivity contribution in [3.8, 4) is 0 Å². The zero-order chi connectivity index (χ0) is 24.4. The quantitative estimate of drug-likeness (QED) is 0.249. The molecule has 0 saturated carbocycles. The fourth-order valence-corrected chi connectivity index (χ4v) is 6.51. The predicted molar refractivity (Wildman–Crippen MR) is 119 cm³/mol. The first kappa shape index (κ1) is 27.4. The minimum absolute atomic E-state index is 0.159. The molecule has 0 spiro atoms. The molecule has 2 amide bonds. The molecule has 0 unspecified atom stereocenters. The highest BCUT2D eigenvalue weighted by Crippen LogP contribution is 2.47. The van der Waals surface area contributed by atoms with E-state index in [1.165, 1.54) is 24.3 Å². The van der Waals surface area contributed by atoms with Crippen LogP contribution in [0.5, 0.6) is 0 Å². The maximum Gasteiger partial charge on any atom is 0.471 e. The topological polar surface area (TPSA) is 58.2 Å². The third kappa shape index (κ3) is 7.35. The van der Waals surface area contributed by atoms with Gasteiger partial charge in [0.1, 0.15) is 0 Å². The van der Waals surface area contributed by atoms with E-state index in [1.807, 2.05) is 0 Å². The molecule has 0 aliphatic rings. The summed E-state index contributed by atoms with van der Waals surface area (Å²) in [6.07, 6.45) is -10.2. The van der Waals surface area contributed by atoms with E-state index >= 15 is 0 Å². The second-order valence-electron chi connectivity index (χ2n) is 5.60. The third-order valence-corrected chi connectivity index (χ3v) is 8.18. The summed E-state index contributed by atoms with van der Waals surface area (Å²) in [5.74, 6) is -4.42. The molecule has 0 fully saturated rings. The lowest BCUT2D eigenvalue weighted by Crippen LogP contribution is -2.30. The van der Waals surface area contributed by atoms with Crippen LogP contribution in [0.3, 0.4) is 0 Å².